The van der Waals surface area contributed by atoms with Gasteiger partial charge in [0.15, 0.2) is 5.16 Å². The van der Waals surface area contributed by atoms with Crippen molar-refractivity contribution in [1.29, 1.82) is 0 Å². The molecule has 0 saturated carbocycles. The molecule has 0 saturated heterocycles. The number of imidazole rings is 1. The summed E-state index contributed by atoms with van der Waals surface area (Å²) in [6, 6.07) is 9.30. The summed E-state index contributed by atoms with van der Waals surface area (Å²) in [6.07, 6.45) is 0. The molecule has 1 aromatic heterocycles. The molecule has 0 aliphatic rings. The van der Waals surface area contributed by atoms with Crippen LogP contribution in [-0.2, 0) is 14.8 Å². The highest BCUT2D eigenvalue weighted by molar-refractivity contribution is 7.99. The average Bonchev–Trinajstić information content (AvgIpc) is 3.03. The van der Waals surface area contributed by atoms with Crippen molar-refractivity contribution in [1.82, 2.24) is 14.3 Å². The number of aromatic nitrogens is 2. The second-order valence-electron chi connectivity index (χ2n) is 5.97. The Labute approximate surface area is 176 Å². The summed E-state index contributed by atoms with van der Waals surface area (Å²) in [4.78, 5) is 19.7. The molecule has 2 N–H and O–H groups in total. The Balaban J connectivity index is 1.62. The molecule has 0 radical (unpaired) electrons. The molecule has 148 valence electrons. The third-order valence-corrected chi connectivity index (χ3v) is 6.95. The zero-order valence-electron chi connectivity index (χ0n) is 14.9. The number of nitrogens with one attached hydrogen (secondary N) is 2. The Hall–Kier alpha value is -1.78. The Bertz CT molecular complexity index is 1130. The van der Waals surface area contributed by atoms with Gasteiger partial charge in [0.2, 0.25) is 15.9 Å². The van der Waals surface area contributed by atoms with E-state index in [1.54, 1.807) is 24.3 Å². The maximum absolute atomic E-state index is 12.2. The lowest BCUT2D eigenvalue weighted by atomic mass is 10.3. The van der Waals surface area contributed by atoms with Gasteiger partial charge in [-0.05, 0) is 36.4 Å². The average molecular weight is 459 g/mol. The number of rotatable bonds is 6. The van der Waals surface area contributed by atoms with Crippen LogP contribution in [0.4, 0.5) is 5.69 Å². The van der Waals surface area contributed by atoms with Crippen molar-refractivity contribution in [2.45, 2.75) is 10.1 Å². The van der Waals surface area contributed by atoms with E-state index in [1.165, 1.54) is 38.0 Å². The number of hydrogen-bond acceptors (Lipinski definition) is 5. The fourth-order valence-corrected chi connectivity index (χ4v) is 4.46. The number of aromatic amines is 1. The summed E-state index contributed by atoms with van der Waals surface area (Å²) in [6.45, 7) is 0. The number of halogens is 2. The van der Waals surface area contributed by atoms with Gasteiger partial charge < -0.3 is 10.3 Å². The first kappa shape index (κ1) is 20.9. The van der Waals surface area contributed by atoms with Crippen molar-refractivity contribution in [2.24, 2.45) is 0 Å². The van der Waals surface area contributed by atoms with Crippen LogP contribution in [0.25, 0.3) is 11.0 Å². The van der Waals surface area contributed by atoms with Gasteiger partial charge in [0.05, 0.1) is 21.2 Å². The Morgan fingerprint density at radius 1 is 1.21 bits per heavy atom. The second kappa shape index (κ2) is 8.30. The van der Waals surface area contributed by atoms with Gasteiger partial charge >= 0.3 is 0 Å². The summed E-state index contributed by atoms with van der Waals surface area (Å²) in [5.41, 5.74) is 1.78. The molecule has 0 aliphatic heterocycles. The molecule has 11 heteroatoms. The van der Waals surface area contributed by atoms with Gasteiger partial charge in [0, 0.05) is 24.8 Å². The van der Waals surface area contributed by atoms with E-state index in [4.69, 9.17) is 23.2 Å². The van der Waals surface area contributed by atoms with Gasteiger partial charge in [-0.3, -0.25) is 4.79 Å². The number of anilines is 1. The first-order chi connectivity index (χ1) is 13.2. The molecule has 3 aromatic rings. The number of hydrogen-bond donors (Lipinski definition) is 2. The summed E-state index contributed by atoms with van der Waals surface area (Å²) >= 11 is 13.3. The van der Waals surface area contributed by atoms with E-state index in [-0.39, 0.29) is 16.6 Å². The lowest BCUT2D eigenvalue weighted by Gasteiger charge is -2.11. The zero-order chi connectivity index (χ0) is 20.5. The fraction of sp³-hybridized carbons (Fsp3) is 0.176. The predicted octanol–water partition coefficient (Wildman–Crippen LogP) is 3.85. The molecule has 0 spiro atoms. The molecule has 0 fully saturated rings. The molecule has 3 rings (SSSR count). The van der Waals surface area contributed by atoms with Crippen LogP contribution in [0.15, 0.2) is 46.5 Å². The minimum Gasteiger partial charge on any atom is -0.333 e. The van der Waals surface area contributed by atoms with Crippen LogP contribution in [0, 0.1) is 0 Å². The minimum atomic E-state index is -3.50. The molecule has 0 bridgehead atoms. The van der Waals surface area contributed by atoms with Crippen LogP contribution in [0.1, 0.15) is 0 Å². The van der Waals surface area contributed by atoms with E-state index in [9.17, 15) is 13.2 Å². The molecular weight excluding hydrogens is 443 g/mol. The molecule has 7 nitrogen and oxygen atoms in total. The van der Waals surface area contributed by atoms with E-state index in [1.807, 2.05) is 0 Å². The van der Waals surface area contributed by atoms with E-state index in [0.29, 0.717) is 31.9 Å². The van der Waals surface area contributed by atoms with Crippen LogP contribution in [-0.4, -0.2) is 48.4 Å². The topological polar surface area (TPSA) is 95.2 Å². The number of H-pyrrole nitrogens is 1. The van der Waals surface area contributed by atoms with Gasteiger partial charge in [0.1, 0.15) is 5.52 Å². The standard InChI is InChI=1S/C17H16Cl2N4O3S2/c1-23(2)28(25,26)12-5-3-11(4-6-12)20-15(24)9-27-17-21-14-8-10(18)7-13(19)16(14)22-17/h3-8H,9H2,1-2H3,(H,20,24)(H,21,22). The van der Waals surface area contributed by atoms with Gasteiger partial charge in [-0.25, -0.2) is 17.7 Å². The maximum Gasteiger partial charge on any atom is 0.242 e. The highest BCUT2D eigenvalue weighted by Crippen LogP contribution is 2.28. The highest BCUT2D eigenvalue weighted by atomic mass is 35.5. The monoisotopic (exact) mass is 458 g/mol. The lowest BCUT2D eigenvalue weighted by Crippen LogP contribution is -2.22. The van der Waals surface area contributed by atoms with Crippen LogP contribution in [0.2, 0.25) is 10.0 Å². The molecule has 1 heterocycles. The summed E-state index contributed by atoms with van der Waals surface area (Å²) in [7, 11) is -0.584. The molecule has 0 unspecified atom stereocenters. The third kappa shape index (κ3) is 4.61. The lowest BCUT2D eigenvalue weighted by molar-refractivity contribution is -0.113. The van der Waals surface area contributed by atoms with Crippen LogP contribution < -0.4 is 5.32 Å². The van der Waals surface area contributed by atoms with Gasteiger partial charge in [-0.1, -0.05) is 35.0 Å². The van der Waals surface area contributed by atoms with Crippen molar-refractivity contribution in [3.05, 3.63) is 46.4 Å². The first-order valence-electron chi connectivity index (χ1n) is 7.97. The quantitative estimate of drug-likeness (QED) is 0.546. The van der Waals surface area contributed by atoms with Crippen LogP contribution >= 0.6 is 35.0 Å². The van der Waals surface area contributed by atoms with Crippen molar-refractivity contribution < 1.29 is 13.2 Å². The van der Waals surface area contributed by atoms with E-state index in [2.05, 4.69) is 15.3 Å². The minimum absolute atomic E-state index is 0.114. The molecule has 28 heavy (non-hydrogen) atoms. The fourth-order valence-electron chi connectivity index (χ4n) is 2.34. The number of fused-ring (bicyclic) bond motifs is 1. The highest BCUT2D eigenvalue weighted by Gasteiger charge is 2.17. The Morgan fingerprint density at radius 3 is 2.54 bits per heavy atom. The van der Waals surface area contributed by atoms with E-state index < -0.39 is 10.0 Å². The van der Waals surface area contributed by atoms with Gasteiger partial charge in [-0.15, -0.1) is 0 Å². The number of carbonyl (C=O) groups excluding carboxylic acids is 1. The Morgan fingerprint density at radius 2 is 1.89 bits per heavy atom. The molecular formula is C17H16Cl2N4O3S2. The molecule has 1 amide bonds. The molecule has 2 aromatic carbocycles. The van der Waals surface area contributed by atoms with Crippen molar-refractivity contribution >= 4 is 67.6 Å². The Kier molecular flexibility index (Phi) is 6.21. The smallest absolute Gasteiger partial charge is 0.242 e. The van der Waals surface area contributed by atoms with Crippen molar-refractivity contribution in [3.63, 3.8) is 0 Å². The summed E-state index contributed by atoms with van der Waals surface area (Å²) < 4.78 is 25.2. The number of sulfonamides is 1. The van der Waals surface area contributed by atoms with Crippen molar-refractivity contribution in [3.8, 4) is 0 Å². The maximum atomic E-state index is 12.2. The van der Waals surface area contributed by atoms with Gasteiger partial charge in [0.25, 0.3) is 0 Å². The second-order valence-corrected chi connectivity index (χ2v) is 9.93. The zero-order valence-corrected chi connectivity index (χ0v) is 18.0. The number of nitrogens with zero attached hydrogens (tertiary/aromatic N) is 2. The van der Waals surface area contributed by atoms with E-state index in [0.717, 1.165) is 4.31 Å². The normalized spacial score (nSPS) is 11.9. The SMILES string of the molecule is CN(C)S(=O)(=O)c1ccc(NC(=O)CSc2nc3c(Cl)cc(Cl)cc3[nH]2)cc1. The largest absolute Gasteiger partial charge is 0.333 e. The number of benzene rings is 2. The number of amides is 1. The van der Waals surface area contributed by atoms with Crippen LogP contribution in [0.5, 0.6) is 0 Å². The summed E-state index contributed by atoms with van der Waals surface area (Å²) in [5.74, 6) is -0.138. The molecule has 0 aliphatic carbocycles. The predicted molar refractivity (Wildman–Crippen MR) is 113 cm³/mol. The van der Waals surface area contributed by atoms with Gasteiger partial charge in [-0.2, -0.15) is 0 Å². The van der Waals surface area contributed by atoms with Crippen molar-refractivity contribution in [2.75, 3.05) is 25.2 Å². The third-order valence-electron chi connectivity index (χ3n) is 3.74. The number of carbonyl (C=O) groups is 1. The molecule has 0 atom stereocenters. The first-order valence-corrected chi connectivity index (χ1v) is 11.1. The summed E-state index contributed by atoms with van der Waals surface area (Å²) in [5, 5.41) is 4.19. The van der Waals surface area contributed by atoms with E-state index >= 15 is 0 Å². The number of thioether (sulfide) groups is 1. The van der Waals surface area contributed by atoms with Crippen LogP contribution in [0.3, 0.4) is 0 Å².